The van der Waals surface area contributed by atoms with Crippen LogP contribution in [0.4, 0.5) is 8.78 Å². The normalized spacial score (nSPS) is 11.4. The van der Waals surface area contributed by atoms with Crippen molar-refractivity contribution in [1.82, 2.24) is 25.2 Å². The highest BCUT2D eigenvalue weighted by Gasteiger charge is 2.16. The summed E-state index contributed by atoms with van der Waals surface area (Å²) >= 11 is 0. The molecular formula is C24H19F2N5O3. The summed E-state index contributed by atoms with van der Waals surface area (Å²) in [6, 6.07) is 14.5. The van der Waals surface area contributed by atoms with E-state index in [2.05, 4.69) is 20.5 Å². The number of amides is 1. The number of aliphatic hydroxyl groups is 1. The van der Waals surface area contributed by atoms with E-state index in [0.717, 1.165) is 10.9 Å². The quantitative estimate of drug-likeness (QED) is 0.253. The van der Waals surface area contributed by atoms with Crippen LogP contribution < -0.4 is 5.48 Å². The van der Waals surface area contributed by atoms with Gasteiger partial charge in [0.1, 0.15) is 11.6 Å². The maximum absolute atomic E-state index is 14.6. The molecule has 0 bridgehead atoms. The maximum atomic E-state index is 14.6. The van der Waals surface area contributed by atoms with Gasteiger partial charge in [0, 0.05) is 28.8 Å². The number of benzene rings is 2. The number of nitrogens with one attached hydrogen (secondary N) is 2. The molecule has 10 heteroatoms. The van der Waals surface area contributed by atoms with E-state index in [1.54, 1.807) is 41.2 Å². The average molecular weight is 463 g/mol. The van der Waals surface area contributed by atoms with Crippen LogP contribution in [0.2, 0.25) is 0 Å². The highest BCUT2D eigenvalue weighted by atomic mass is 19.1. The number of H-pyrrole nitrogens is 1. The number of aromatic nitrogens is 4. The van der Waals surface area contributed by atoms with Gasteiger partial charge < -0.3 is 5.11 Å². The molecule has 0 fully saturated rings. The molecule has 8 nitrogen and oxygen atoms in total. The van der Waals surface area contributed by atoms with Gasteiger partial charge in [0.05, 0.1) is 42.0 Å². The van der Waals surface area contributed by atoms with Crippen LogP contribution >= 0.6 is 0 Å². The van der Waals surface area contributed by atoms with E-state index in [4.69, 9.17) is 9.94 Å². The highest BCUT2D eigenvalue weighted by molar-refractivity contribution is 5.94. The summed E-state index contributed by atoms with van der Waals surface area (Å²) in [5.74, 6) is -1.86. The van der Waals surface area contributed by atoms with Crippen LogP contribution in [0, 0.1) is 11.6 Å². The zero-order chi connectivity index (χ0) is 23.7. The highest BCUT2D eigenvalue weighted by Crippen LogP contribution is 2.25. The van der Waals surface area contributed by atoms with Crippen molar-refractivity contribution < 1.29 is 23.5 Å². The van der Waals surface area contributed by atoms with Gasteiger partial charge in [-0.05, 0) is 36.4 Å². The molecule has 3 aromatic heterocycles. The minimum atomic E-state index is -0.759. The predicted molar refractivity (Wildman–Crippen MR) is 121 cm³/mol. The lowest BCUT2D eigenvalue weighted by Gasteiger charge is -2.17. The third kappa shape index (κ3) is 4.12. The lowest BCUT2D eigenvalue weighted by atomic mass is 10.1. The van der Waals surface area contributed by atoms with Crippen molar-refractivity contribution in [2.45, 2.75) is 6.54 Å². The second kappa shape index (κ2) is 9.00. The molecular weight excluding hydrogens is 444 g/mol. The lowest BCUT2D eigenvalue weighted by molar-refractivity contribution is 0.0165. The first-order valence-corrected chi connectivity index (χ1v) is 10.4. The first-order chi connectivity index (χ1) is 16.5. The maximum Gasteiger partial charge on any atom is 0.277 e. The summed E-state index contributed by atoms with van der Waals surface area (Å²) in [6.45, 7) is -0.140. The molecule has 3 heterocycles. The smallest absolute Gasteiger partial charge is 0.277 e. The minimum Gasteiger partial charge on any atom is -0.394 e. The van der Waals surface area contributed by atoms with Crippen LogP contribution in [-0.2, 0) is 11.4 Å². The molecule has 0 aliphatic carbocycles. The number of hydrogen-bond acceptors (Lipinski definition) is 5. The molecule has 5 aromatic rings. The zero-order valence-electron chi connectivity index (χ0n) is 17.8. The number of aromatic amines is 1. The number of carbonyl (C=O) groups is 1. The lowest BCUT2D eigenvalue weighted by Crippen LogP contribution is -2.26. The first-order valence-electron chi connectivity index (χ1n) is 10.4. The van der Waals surface area contributed by atoms with Crippen LogP contribution in [0.1, 0.15) is 15.9 Å². The standard InChI is InChI=1S/C24H19F2N5O3/c25-18-12-22-14(2-1-7-27-22)10-16(18)13-31-23-21(29-31)6-5-20(28-23)15-3-4-17(19(26)11-15)24(33)30-34-9-8-32/h1-7,10-12,29,32H,8-9,13H2,(H,30,33). The van der Waals surface area contributed by atoms with Gasteiger partial charge in [0.15, 0.2) is 5.65 Å². The summed E-state index contributed by atoms with van der Waals surface area (Å²) in [5, 5.41) is 12.6. The molecule has 34 heavy (non-hydrogen) atoms. The first kappa shape index (κ1) is 21.7. The van der Waals surface area contributed by atoms with Crippen molar-refractivity contribution in [2.24, 2.45) is 0 Å². The summed E-state index contributed by atoms with van der Waals surface area (Å²) < 4.78 is 30.9. The number of halogens is 2. The number of aliphatic hydroxyl groups excluding tert-OH is 1. The molecule has 3 N–H and O–H groups in total. The Morgan fingerprint density at radius 3 is 2.82 bits per heavy atom. The fraction of sp³-hybridized carbons (Fsp3) is 0.125. The van der Waals surface area contributed by atoms with Crippen LogP contribution in [0.3, 0.4) is 0 Å². The second-order valence-corrected chi connectivity index (χ2v) is 7.60. The molecule has 2 aromatic carbocycles. The molecule has 0 saturated heterocycles. The Hall–Kier alpha value is -4.15. The summed E-state index contributed by atoms with van der Waals surface area (Å²) in [7, 11) is 0. The van der Waals surface area contributed by atoms with E-state index in [0.29, 0.717) is 28.0 Å². The molecule has 0 spiro atoms. The van der Waals surface area contributed by atoms with E-state index in [1.165, 1.54) is 18.2 Å². The Morgan fingerprint density at radius 1 is 1.12 bits per heavy atom. The molecule has 0 aliphatic heterocycles. The van der Waals surface area contributed by atoms with Crippen molar-refractivity contribution in [3.63, 3.8) is 0 Å². The van der Waals surface area contributed by atoms with Crippen LogP contribution in [0.15, 0.2) is 60.8 Å². The largest absolute Gasteiger partial charge is 0.394 e. The number of hydrogen-bond donors (Lipinski definition) is 3. The second-order valence-electron chi connectivity index (χ2n) is 7.60. The Labute approximate surface area is 191 Å². The Bertz CT molecular complexity index is 1510. The Kier molecular flexibility index (Phi) is 5.74. The van der Waals surface area contributed by atoms with Gasteiger partial charge in [-0.1, -0.05) is 12.1 Å². The monoisotopic (exact) mass is 463 g/mol. The molecule has 172 valence electrons. The molecule has 5 rings (SSSR count). The molecule has 0 aliphatic rings. The summed E-state index contributed by atoms with van der Waals surface area (Å²) in [5.41, 5.74) is 5.27. The zero-order valence-corrected chi connectivity index (χ0v) is 17.8. The molecule has 0 atom stereocenters. The van der Waals surface area contributed by atoms with Crippen molar-refractivity contribution in [2.75, 3.05) is 13.2 Å². The van der Waals surface area contributed by atoms with Crippen molar-refractivity contribution in [1.29, 1.82) is 0 Å². The van der Waals surface area contributed by atoms with Gasteiger partial charge in [0.2, 0.25) is 0 Å². The van der Waals surface area contributed by atoms with Gasteiger partial charge in [-0.2, -0.15) is 0 Å². The SMILES string of the molecule is O=C(NOCCO)c1ccc(-c2ccc3[nH]n(Cc4cc5cccnc5cc4F)c3n2)cc1F. The van der Waals surface area contributed by atoms with Gasteiger partial charge in [-0.25, -0.2) is 19.2 Å². The number of hydroxylamine groups is 1. The van der Waals surface area contributed by atoms with Crippen LogP contribution in [0.25, 0.3) is 33.3 Å². The molecule has 0 saturated carbocycles. The molecule has 1 amide bonds. The minimum absolute atomic E-state index is 0.102. The van der Waals surface area contributed by atoms with E-state index in [1.807, 2.05) is 6.07 Å². The van der Waals surface area contributed by atoms with Gasteiger partial charge in [-0.3, -0.25) is 24.4 Å². The van der Waals surface area contributed by atoms with Crippen molar-refractivity contribution >= 4 is 28.0 Å². The van der Waals surface area contributed by atoms with Crippen molar-refractivity contribution in [3.05, 3.63) is 83.6 Å². The number of fused-ring (bicyclic) bond motifs is 2. The number of pyridine rings is 2. The fourth-order valence-corrected chi connectivity index (χ4v) is 3.67. The average Bonchev–Trinajstić information content (AvgIpc) is 2.82. The van der Waals surface area contributed by atoms with Gasteiger partial charge in [-0.15, -0.1) is 0 Å². The van der Waals surface area contributed by atoms with E-state index in [9.17, 15) is 13.6 Å². The van der Waals surface area contributed by atoms with Gasteiger partial charge >= 0.3 is 0 Å². The third-order valence-corrected chi connectivity index (χ3v) is 5.35. The Balaban J connectivity index is 1.40. The van der Waals surface area contributed by atoms with Gasteiger partial charge in [0.25, 0.3) is 5.91 Å². The van der Waals surface area contributed by atoms with Crippen molar-refractivity contribution in [3.8, 4) is 11.3 Å². The van der Waals surface area contributed by atoms with E-state index in [-0.39, 0.29) is 31.1 Å². The topological polar surface area (TPSA) is 105 Å². The van der Waals surface area contributed by atoms with E-state index < -0.39 is 11.7 Å². The molecule has 0 radical (unpaired) electrons. The fourth-order valence-electron chi connectivity index (χ4n) is 3.67. The molecule has 0 unspecified atom stereocenters. The summed E-state index contributed by atoms with van der Waals surface area (Å²) in [4.78, 5) is 25.5. The van der Waals surface area contributed by atoms with Crippen LogP contribution in [-0.4, -0.2) is 44.0 Å². The van der Waals surface area contributed by atoms with Crippen LogP contribution in [0.5, 0.6) is 0 Å². The number of nitrogens with zero attached hydrogens (tertiary/aromatic N) is 3. The number of rotatable bonds is 7. The van der Waals surface area contributed by atoms with E-state index >= 15 is 0 Å². The Morgan fingerprint density at radius 2 is 2.00 bits per heavy atom. The number of carbonyl (C=O) groups excluding carboxylic acids is 1. The summed E-state index contributed by atoms with van der Waals surface area (Å²) in [6.07, 6.45) is 1.62. The predicted octanol–water partition coefficient (Wildman–Crippen LogP) is 3.56. The third-order valence-electron chi connectivity index (χ3n) is 5.35.